The van der Waals surface area contributed by atoms with Crippen LogP contribution < -0.4 is 5.32 Å². The first-order valence-electron chi connectivity index (χ1n) is 6.68. The minimum atomic E-state index is -0.535. The monoisotopic (exact) mass is 229 g/mol. The fourth-order valence-electron chi connectivity index (χ4n) is 2.34. The average Bonchev–Trinajstić information content (AvgIpc) is 2.83. The Hall–Kier alpha value is -0.120. The fraction of sp³-hybridized carbons (Fsp3) is 1.00. The largest absolute Gasteiger partial charge is 0.389 e. The van der Waals surface area contributed by atoms with Gasteiger partial charge in [-0.1, -0.05) is 20.8 Å². The van der Waals surface area contributed by atoms with Crippen molar-refractivity contribution in [3.63, 3.8) is 0 Å². The molecule has 0 aromatic carbocycles. The molecule has 16 heavy (non-hydrogen) atoms. The molecule has 0 spiro atoms. The highest BCUT2D eigenvalue weighted by molar-refractivity contribution is 4.84. The topological polar surface area (TPSA) is 41.5 Å². The Morgan fingerprint density at radius 2 is 2.06 bits per heavy atom. The van der Waals surface area contributed by atoms with Crippen molar-refractivity contribution in [3.05, 3.63) is 0 Å². The quantitative estimate of drug-likeness (QED) is 0.701. The molecule has 0 saturated carbocycles. The van der Waals surface area contributed by atoms with Crippen molar-refractivity contribution in [3.8, 4) is 0 Å². The number of aliphatic hydroxyl groups is 1. The van der Waals surface area contributed by atoms with E-state index >= 15 is 0 Å². The van der Waals surface area contributed by atoms with E-state index in [0.717, 1.165) is 38.9 Å². The lowest BCUT2D eigenvalue weighted by Crippen LogP contribution is -2.46. The van der Waals surface area contributed by atoms with Gasteiger partial charge >= 0.3 is 0 Å². The summed E-state index contributed by atoms with van der Waals surface area (Å²) in [5.74, 6) is 0.628. The van der Waals surface area contributed by atoms with Crippen LogP contribution in [0.3, 0.4) is 0 Å². The molecule has 0 amide bonds. The van der Waals surface area contributed by atoms with Crippen molar-refractivity contribution in [2.75, 3.05) is 19.8 Å². The van der Waals surface area contributed by atoms with Gasteiger partial charge in [0.15, 0.2) is 0 Å². The molecule has 0 bridgehead atoms. The molecule has 1 rings (SSSR count). The lowest BCUT2D eigenvalue weighted by Gasteiger charge is -2.30. The standard InChI is InChI=1S/C13H27NO2/c1-4-12(11-7-8-16-9-11)14-10-13(15,5-2)6-3/h11-12,14-15H,4-10H2,1-3H3. The Labute approximate surface area is 99.6 Å². The van der Waals surface area contributed by atoms with Gasteiger partial charge in [0.25, 0.3) is 0 Å². The molecule has 3 heteroatoms. The van der Waals surface area contributed by atoms with Gasteiger partial charge in [0, 0.05) is 19.2 Å². The molecule has 1 fully saturated rings. The predicted octanol–water partition coefficient (Wildman–Crippen LogP) is 1.94. The number of hydrogen-bond acceptors (Lipinski definition) is 3. The summed E-state index contributed by atoms with van der Waals surface area (Å²) < 4.78 is 5.42. The van der Waals surface area contributed by atoms with Crippen molar-refractivity contribution in [2.45, 2.75) is 58.1 Å². The van der Waals surface area contributed by atoms with Gasteiger partial charge < -0.3 is 15.2 Å². The van der Waals surface area contributed by atoms with E-state index in [0.29, 0.717) is 18.5 Å². The van der Waals surface area contributed by atoms with Crippen LogP contribution in [-0.2, 0) is 4.74 Å². The van der Waals surface area contributed by atoms with Crippen LogP contribution in [-0.4, -0.2) is 36.5 Å². The Balaban J connectivity index is 2.38. The van der Waals surface area contributed by atoms with Crippen molar-refractivity contribution < 1.29 is 9.84 Å². The van der Waals surface area contributed by atoms with Gasteiger partial charge in [-0.15, -0.1) is 0 Å². The highest BCUT2D eigenvalue weighted by Crippen LogP contribution is 2.20. The first-order chi connectivity index (χ1) is 7.65. The van der Waals surface area contributed by atoms with E-state index in [4.69, 9.17) is 4.74 Å². The highest BCUT2D eigenvalue weighted by Gasteiger charge is 2.28. The van der Waals surface area contributed by atoms with Gasteiger partial charge in [0.1, 0.15) is 0 Å². The van der Waals surface area contributed by atoms with Gasteiger partial charge in [-0.2, -0.15) is 0 Å². The van der Waals surface area contributed by atoms with E-state index in [1.165, 1.54) is 0 Å². The Morgan fingerprint density at radius 1 is 1.38 bits per heavy atom. The third-order valence-corrected chi connectivity index (χ3v) is 3.98. The molecule has 1 saturated heterocycles. The SMILES string of the molecule is CCC(NCC(O)(CC)CC)C1CCOC1. The molecular formula is C13H27NO2. The van der Waals surface area contributed by atoms with Crippen LogP contribution in [0.25, 0.3) is 0 Å². The van der Waals surface area contributed by atoms with Crippen molar-refractivity contribution >= 4 is 0 Å². The van der Waals surface area contributed by atoms with Crippen LogP contribution in [0.4, 0.5) is 0 Å². The number of nitrogens with one attached hydrogen (secondary N) is 1. The van der Waals surface area contributed by atoms with Gasteiger partial charge in [-0.25, -0.2) is 0 Å². The summed E-state index contributed by atoms with van der Waals surface area (Å²) in [4.78, 5) is 0. The van der Waals surface area contributed by atoms with Crippen LogP contribution in [0.5, 0.6) is 0 Å². The van der Waals surface area contributed by atoms with Crippen LogP contribution >= 0.6 is 0 Å². The molecule has 2 unspecified atom stereocenters. The molecule has 1 aliphatic heterocycles. The zero-order valence-corrected chi connectivity index (χ0v) is 11.0. The van der Waals surface area contributed by atoms with Gasteiger partial charge in [-0.05, 0) is 31.6 Å². The van der Waals surface area contributed by atoms with Crippen molar-refractivity contribution in [1.29, 1.82) is 0 Å². The minimum absolute atomic E-state index is 0.493. The summed E-state index contributed by atoms with van der Waals surface area (Å²) in [5.41, 5.74) is -0.535. The molecule has 0 aliphatic carbocycles. The summed E-state index contributed by atoms with van der Waals surface area (Å²) >= 11 is 0. The van der Waals surface area contributed by atoms with E-state index in [1.807, 2.05) is 13.8 Å². The zero-order chi connectivity index (χ0) is 12.0. The average molecular weight is 229 g/mol. The molecule has 0 aromatic heterocycles. The zero-order valence-electron chi connectivity index (χ0n) is 11.0. The van der Waals surface area contributed by atoms with Gasteiger partial charge in [-0.3, -0.25) is 0 Å². The number of hydrogen-bond donors (Lipinski definition) is 2. The third-order valence-electron chi connectivity index (χ3n) is 3.98. The van der Waals surface area contributed by atoms with Crippen LogP contribution in [0, 0.1) is 5.92 Å². The molecular weight excluding hydrogens is 202 g/mol. The lowest BCUT2D eigenvalue weighted by molar-refractivity contribution is 0.0272. The van der Waals surface area contributed by atoms with Gasteiger partial charge in [0.2, 0.25) is 0 Å². The minimum Gasteiger partial charge on any atom is -0.389 e. The second kappa shape index (κ2) is 6.58. The molecule has 1 aliphatic rings. The molecule has 0 aromatic rings. The first kappa shape index (κ1) is 13.9. The smallest absolute Gasteiger partial charge is 0.0766 e. The first-order valence-corrected chi connectivity index (χ1v) is 6.68. The molecule has 2 atom stereocenters. The number of rotatable bonds is 7. The Kier molecular flexibility index (Phi) is 5.73. The van der Waals surface area contributed by atoms with Crippen molar-refractivity contribution in [2.24, 2.45) is 5.92 Å². The van der Waals surface area contributed by atoms with Crippen LogP contribution in [0.1, 0.15) is 46.5 Å². The fourth-order valence-corrected chi connectivity index (χ4v) is 2.34. The molecule has 2 N–H and O–H groups in total. The summed E-state index contributed by atoms with van der Waals surface area (Å²) in [6, 6.07) is 0.493. The summed E-state index contributed by atoms with van der Waals surface area (Å²) in [7, 11) is 0. The summed E-state index contributed by atoms with van der Waals surface area (Å²) in [5, 5.41) is 13.7. The lowest BCUT2D eigenvalue weighted by atomic mass is 9.93. The van der Waals surface area contributed by atoms with E-state index in [9.17, 15) is 5.11 Å². The third kappa shape index (κ3) is 3.72. The second-order valence-corrected chi connectivity index (χ2v) is 4.95. The maximum atomic E-state index is 10.2. The maximum Gasteiger partial charge on any atom is 0.0766 e. The molecule has 1 heterocycles. The second-order valence-electron chi connectivity index (χ2n) is 4.95. The van der Waals surface area contributed by atoms with Crippen LogP contribution in [0.15, 0.2) is 0 Å². The Bertz CT molecular complexity index is 186. The van der Waals surface area contributed by atoms with E-state index in [2.05, 4.69) is 12.2 Å². The van der Waals surface area contributed by atoms with Gasteiger partial charge in [0.05, 0.1) is 12.2 Å². The summed E-state index contributed by atoms with van der Waals surface area (Å²) in [6.07, 6.45) is 3.89. The molecule has 96 valence electrons. The number of ether oxygens (including phenoxy) is 1. The molecule has 3 nitrogen and oxygen atoms in total. The predicted molar refractivity (Wildman–Crippen MR) is 66.5 cm³/mol. The van der Waals surface area contributed by atoms with Crippen LogP contribution in [0.2, 0.25) is 0 Å². The van der Waals surface area contributed by atoms with E-state index in [-0.39, 0.29) is 0 Å². The molecule has 0 radical (unpaired) electrons. The highest BCUT2D eigenvalue weighted by atomic mass is 16.5. The van der Waals surface area contributed by atoms with E-state index < -0.39 is 5.60 Å². The maximum absolute atomic E-state index is 10.2. The summed E-state index contributed by atoms with van der Waals surface area (Å²) in [6.45, 7) is 8.77. The Morgan fingerprint density at radius 3 is 2.50 bits per heavy atom. The van der Waals surface area contributed by atoms with Crippen molar-refractivity contribution in [1.82, 2.24) is 5.32 Å². The normalized spacial score (nSPS) is 23.6. The van der Waals surface area contributed by atoms with E-state index in [1.54, 1.807) is 0 Å².